The number of hydrogen-bond donors (Lipinski definition) is 0. The minimum atomic E-state index is -0.282. The van der Waals surface area contributed by atoms with Gasteiger partial charge in [-0.1, -0.05) is 166 Å². The number of ether oxygens (including phenoxy) is 1. The fourth-order valence-corrected chi connectivity index (χ4v) is 9.29. The molecule has 8 aromatic rings. The summed E-state index contributed by atoms with van der Waals surface area (Å²) < 4.78 is 9.35. The molecule has 0 N–H and O–H groups in total. The van der Waals surface area contributed by atoms with Gasteiger partial charge in [0.15, 0.2) is 0 Å². The zero-order chi connectivity index (χ0) is 44.3. The number of anilines is 2. The average Bonchev–Trinajstić information content (AvgIpc) is 3.88. The van der Waals surface area contributed by atoms with Gasteiger partial charge in [-0.05, 0) is 87.2 Å². The maximum Gasteiger partial charge on any atom is 0.137 e. The summed E-state index contributed by atoms with van der Waals surface area (Å²) in [5.41, 5.74) is 11.3. The van der Waals surface area contributed by atoms with Crippen LogP contribution in [0.2, 0.25) is 0 Å². The molecule has 0 spiro atoms. The van der Waals surface area contributed by atoms with Gasteiger partial charge in [-0.15, -0.1) is 0 Å². The lowest BCUT2D eigenvalue weighted by atomic mass is 9.78. The summed E-state index contributed by atoms with van der Waals surface area (Å²) in [6, 6.07) is 56.7. The summed E-state index contributed by atoms with van der Waals surface area (Å²) in [7, 11) is 0. The highest BCUT2D eigenvalue weighted by Gasteiger charge is 2.36. The van der Waals surface area contributed by atoms with Gasteiger partial charge in [0.25, 0.3) is 0 Å². The third kappa shape index (κ3) is 7.79. The van der Waals surface area contributed by atoms with Gasteiger partial charge in [0, 0.05) is 63.2 Å². The molecular weight excluding hydrogens is 769 g/mol. The highest BCUT2D eigenvalue weighted by molar-refractivity contribution is 6.11. The van der Waals surface area contributed by atoms with E-state index in [4.69, 9.17) is 9.72 Å². The summed E-state index contributed by atoms with van der Waals surface area (Å²) in [5.74, 6) is 2.45. The summed E-state index contributed by atoms with van der Waals surface area (Å²) in [6.07, 6.45) is 4.30. The number of pyridine rings is 1. The van der Waals surface area contributed by atoms with Gasteiger partial charge in [-0.2, -0.15) is 0 Å². The first-order chi connectivity index (χ1) is 30.0. The smallest absolute Gasteiger partial charge is 0.137 e. The Balaban J connectivity index is 1.14. The van der Waals surface area contributed by atoms with Crippen LogP contribution in [0.1, 0.15) is 97.1 Å². The molecule has 0 amide bonds. The molecule has 1 aliphatic rings. The van der Waals surface area contributed by atoms with E-state index in [1.165, 1.54) is 50.0 Å². The molecule has 0 atom stereocenters. The molecule has 3 heterocycles. The molecule has 9 rings (SSSR count). The van der Waals surface area contributed by atoms with E-state index in [2.05, 4.69) is 248 Å². The lowest BCUT2D eigenvalue weighted by Crippen LogP contribution is -2.33. The largest absolute Gasteiger partial charge is 0.457 e. The molecule has 0 aliphatic carbocycles. The van der Waals surface area contributed by atoms with Crippen molar-refractivity contribution in [3.05, 3.63) is 204 Å². The molecule has 5 nitrogen and oxygen atoms in total. The second-order valence-corrected chi connectivity index (χ2v) is 20.3. The number of para-hydroxylation sites is 1. The summed E-state index contributed by atoms with van der Waals surface area (Å²) in [6.45, 7) is 23.6. The first kappa shape index (κ1) is 41.7. The van der Waals surface area contributed by atoms with E-state index in [0.717, 1.165) is 34.0 Å². The van der Waals surface area contributed by atoms with E-state index in [-0.39, 0.29) is 21.7 Å². The number of fused-ring (bicyclic) bond motifs is 3. The normalized spacial score (nSPS) is 13.8. The van der Waals surface area contributed by atoms with Crippen LogP contribution in [0.25, 0.3) is 27.6 Å². The lowest BCUT2D eigenvalue weighted by molar-refractivity contribution is 0.479. The second-order valence-electron chi connectivity index (χ2n) is 20.3. The SMILES string of the molecule is CC(C)(C)c1cccc(N2C=C(C(C)(C)c3ccccc3)N(c3cccc(Oc4cc(C(C)(C)C)c5c6ccccc6n(-c6cc(C(C)(C)c7ccccc7)ccn6)c5c4)c3)C2)c1. The van der Waals surface area contributed by atoms with Gasteiger partial charge < -0.3 is 14.5 Å². The van der Waals surface area contributed by atoms with Crippen molar-refractivity contribution in [2.24, 2.45) is 0 Å². The van der Waals surface area contributed by atoms with Gasteiger partial charge >= 0.3 is 0 Å². The van der Waals surface area contributed by atoms with Crippen LogP contribution in [-0.4, -0.2) is 16.2 Å². The number of aromatic nitrogens is 2. The monoisotopic (exact) mass is 828 g/mol. The van der Waals surface area contributed by atoms with Gasteiger partial charge in [0.2, 0.25) is 0 Å². The van der Waals surface area contributed by atoms with Crippen molar-refractivity contribution in [3.8, 4) is 17.3 Å². The van der Waals surface area contributed by atoms with Crippen molar-refractivity contribution in [1.82, 2.24) is 9.55 Å². The van der Waals surface area contributed by atoms with Gasteiger partial charge in [-0.3, -0.25) is 4.57 Å². The van der Waals surface area contributed by atoms with Crippen LogP contribution in [0.5, 0.6) is 11.5 Å². The van der Waals surface area contributed by atoms with E-state index in [0.29, 0.717) is 6.67 Å². The summed E-state index contributed by atoms with van der Waals surface area (Å²) in [4.78, 5) is 9.88. The Kier molecular flexibility index (Phi) is 10.4. The topological polar surface area (TPSA) is 33.5 Å². The zero-order valence-electron chi connectivity index (χ0n) is 38.6. The quantitative estimate of drug-likeness (QED) is 0.145. The fourth-order valence-electron chi connectivity index (χ4n) is 9.29. The van der Waals surface area contributed by atoms with E-state index in [1.807, 2.05) is 6.20 Å². The van der Waals surface area contributed by atoms with Gasteiger partial charge in [-0.25, -0.2) is 4.98 Å². The van der Waals surface area contributed by atoms with Crippen LogP contribution in [0.3, 0.4) is 0 Å². The molecule has 0 saturated heterocycles. The van der Waals surface area contributed by atoms with Gasteiger partial charge in [0.05, 0.1) is 17.7 Å². The van der Waals surface area contributed by atoms with Crippen LogP contribution in [-0.2, 0) is 21.7 Å². The van der Waals surface area contributed by atoms with Crippen LogP contribution < -0.4 is 14.5 Å². The van der Waals surface area contributed by atoms with Gasteiger partial charge in [0.1, 0.15) is 17.3 Å². The van der Waals surface area contributed by atoms with Crippen molar-refractivity contribution in [1.29, 1.82) is 0 Å². The van der Waals surface area contributed by atoms with E-state index in [9.17, 15) is 0 Å². The second kappa shape index (κ2) is 15.6. The number of rotatable bonds is 9. The Morgan fingerprint density at radius 1 is 0.492 bits per heavy atom. The predicted octanol–water partition coefficient (Wildman–Crippen LogP) is 15.0. The maximum atomic E-state index is 7.02. The molecule has 0 saturated carbocycles. The summed E-state index contributed by atoms with van der Waals surface area (Å²) >= 11 is 0. The first-order valence-corrected chi connectivity index (χ1v) is 22.3. The summed E-state index contributed by atoms with van der Waals surface area (Å²) in [5, 5.41) is 2.42. The predicted molar refractivity (Wildman–Crippen MR) is 265 cm³/mol. The molecule has 0 fully saturated rings. The highest BCUT2D eigenvalue weighted by atomic mass is 16.5. The van der Waals surface area contributed by atoms with Crippen molar-refractivity contribution in [2.45, 2.75) is 90.9 Å². The van der Waals surface area contributed by atoms with E-state index < -0.39 is 0 Å². The Hall–Kier alpha value is -6.59. The maximum absolute atomic E-state index is 7.02. The molecule has 6 aromatic carbocycles. The number of hydrogen-bond acceptors (Lipinski definition) is 4. The molecule has 1 aliphatic heterocycles. The number of allylic oxidation sites excluding steroid dienone is 1. The zero-order valence-corrected chi connectivity index (χ0v) is 38.6. The van der Waals surface area contributed by atoms with Crippen LogP contribution >= 0.6 is 0 Å². The Bertz CT molecular complexity index is 2980. The molecule has 0 unspecified atom stereocenters. The van der Waals surface area contributed by atoms with Crippen LogP contribution in [0.4, 0.5) is 11.4 Å². The van der Waals surface area contributed by atoms with E-state index in [1.54, 1.807) is 0 Å². The molecule has 0 radical (unpaired) electrons. The average molecular weight is 829 g/mol. The van der Waals surface area contributed by atoms with E-state index >= 15 is 0 Å². The third-order valence-corrected chi connectivity index (χ3v) is 13.2. The minimum absolute atomic E-state index is 0.0427. The van der Waals surface area contributed by atoms with Crippen molar-refractivity contribution >= 4 is 33.2 Å². The molecule has 0 bridgehead atoms. The third-order valence-electron chi connectivity index (χ3n) is 13.2. The highest BCUT2D eigenvalue weighted by Crippen LogP contribution is 2.45. The number of benzene rings is 6. The van der Waals surface area contributed by atoms with Crippen LogP contribution in [0, 0.1) is 0 Å². The molecular formula is C58H60N4O. The molecule has 63 heavy (non-hydrogen) atoms. The van der Waals surface area contributed by atoms with Crippen molar-refractivity contribution in [3.63, 3.8) is 0 Å². The minimum Gasteiger partial charge on any atom is -0.457 e. The molecule has 5 heteroatoms. The fraction of sp³-hybridized carbons (Fsp3) is 0.259. The van der Waals surface area contributed by atoms with Crippen molar-refractivity contribution < 1.29 is 4.74 Å². The Labute approximate surface area is 374 Å². The number of nitrogens with zero attached hydrogens (tertiary/aromatic N) is 4. The van der Waals surface area contributed by atoms with Crippen molar-refractivity contribution in [2.75, 3.05) is 16.5 Å². The first-order valence-electron chi connectivity index (χ1n) is 22.3. The van der Waals surface area contributed by atoms with Crippen LogP contribution in [0.15, 0.2) is 176 Å². The molecule has 2 aromatic heterocycles. The standard InChI is InChI=1S/C58H60N4O/c1-55(2,3)42-25-19-26-44(33-42)60-38-52(58(9,10)41-23-15-12-16-24-41)61(39-60)45-27-20-28-46(35-45)63-47-36-49(56(4,5)6)54-48-29-17-18-30-50(48)62(51(54)37-47)53-34-43(31-32-59-53)57(7,8)40-21-13-11-14-22-40/h11-38H,39H2,1-10H3. The lowest BCUT2D eigenvalue weighted by Gasteiger charge is -2.34. The molecule has 318 valence electrons. The Morgan fingerprint density at radius 3 is 1.83 bits per heavy atom. The Morgan fingerprint density at radius 2 is 1.13 bits per heavy atom.